The highest BCUT2D eigenvalue weighted by atomic mass is 32.1. The molecule has 1 aliphatic rings. The standard InChI is InChI=1S/C20H21N3O3S/c1-14-3-2-4-16(13-14)18(24)22-20(27)21-17-7-5-15(6-8-17)19(25)23-9-11-26-12-10-23/h2-8,13H,9-12H2,1H3,(H2,21,22,24,27). The molecule has 1 aliphatic heterocycles. The van der Waals surface area contributed by atoms with Crippen molar-refractivity contribution in [2.75, 3.05) is 31.6 Å². The molecule has 0 spiro atoms. The number of anilines is 1. The fraction of sp³-hybridized carbons (Fsp3) is 0.250. The Balaban J connectivity index is 1.56. The zero-order valence-electron chi connectivity index (χ0n) is 15.0. The van der Waals surface area contributed by atoms with Gasteiger partial charge in [-0.2, -0.15) is 0 Å². The Morgan fingerprint density at radius 3 is 2.41 bits per heavy atom. The van der Waals surface area contributed by atoms with Crippen LogP contribution >= 0.6 is 12.2 Å². The van der Waals surface area contributed by atoms with Crippen molar-refractivity contribution in [2.45, 2.75) is 6.92 Å². The highest BCUT2D eigenvalue weighted by Crippen LogP contribution is 2.13. The molecular formula is C20H21N3O3S. The molecule has 1 heterocycles. The van der Waals surface area contributed by atoms with Crippen molar-refractivity contribution in [3.8, 4) is 0 Å². The first-order valence-electron chi connectivity index (χ1n) is 8.69. The lowest BCUT2D eigenvalue weighted by molar-refractivity contribution is 0.0303. The van der Waals surface area contributed by atoms with Crippen molar-refractivity contribution >= 4 is 34.8 Å². The largest absolute Gasteiger partial charge is 0.378 e. The minimum atomic E-state index is -0.268. The highest BCUT2D eigenvalue weighted by molar-refractivity contribution is 7.80. The Kier molecular flexibility index (Phi) is 6.16. The van der Waals surface area contributed by atoms with Crippen LogP contribution < -0.4 is 10.6 Å². The van der Waals surface area contributed by atoms with Gasteiger partial charge in [0.25, 0.3) is 11.8 Å². The predicted octanol–water partition coefficient (Wildman–Crippen LogP) is 2.59. The summed E-state index contributed by atoms with van der Waals surface area (Å²) in [7, 11) is 0. The molecule has 6 nitrogen and oxygen atoms in total. The van der Waals surface area contributed by atoms with E-state index in [0.29, 0.717) is 43.1 Å². The maximum absolute atomic E-state index is 12.4. The SMILES string of the molecule is Cc1cccc(C(=O)NC(=S)Nc2ccc(C(=O)N3CCOCC3)cc2)c1. The highest BCUT2D eigenvalue weighted by Gasteiger charge is 2.18. The maximum Gasteiger partial charge on any atom is 0.257 e. The lowest BCUT2D eigenvalue weighted by atomic mass is 10.1. The Labute approximate surface area is 163 Å². The van der Waals surface area contributed by atoms with Crippen LogP contribution in [0.2, 0.25) is 0 Å². The first kappa shape index (κ1) is 19.0. The van der Waals surface area contributed by atoms with E-state index >= 15 is 0 Å². The molecule has 1 fully saturated rings. The molecule has 7 heteroatoms. The van der Waals surface area contributed by atoms with Crippen LogP contribution in [0.25, 0.3) is 0 Å². The molecule has 2 aromatic carbocycles. The first-order chi connectivity index (χ1) is 13.0. The van der Waals surface area contributed by atoms with Crippen molar-refractivity contribution in [1.29, 1.82) is 0 Å². The van der Waals surface area contributed by atoms with Gasteiger partial charge in [-0.15, -0.1) is 0 Å². The van der Waals surface area contributed by atoms with Gasteiger partial charge in [-0.3, -0.25) is 14.9 Å². The number of aryl methyl sites for hydroxylation is 1. The quantitative estimate of drug-likeness (QED) is 0.798. The molecule has 2 amide bonds. The summed E-state index contributed by atoms with van der Waals surface area (Å²) in [4.78, 5) is 26.4. The van der Waals surface area contributed by atoms with E-state index in [0.717, 1.165) is 5.56 Å². The number of amides is 2. The van der Waals surface area contributed by atoms with E-state index in [1.807, 2.05) is 19.1 Å². The third-order valence-electron chi connectivity index (χ3n) is 4.20. The molecule has 0 radical (unpaired) electrons. The van der Waals surface area contributed by atoms with E-state index in [1.165, 1.54) is 0 Å². The van der Waals surface area contributed by atoms with Crippen LogP contribution in [0.1, 0.15) is 26.3 Å². The second-order valence-electron chi connectivity index (χ2n) is 6.26. The molecule has 140 valence electrons. The Hall–Kier alpha value is -2.77. The average molecular weight is 383 g/mol. The lowest BCUT2D eigenvalue weighted by Crippen LogP contribution is -2.40. The van der Waals surface area contributed by atoms with Gasteiger partial charge in [-0.05, 0) is 55.5 Å². The zero-order chi connectivity index (χ0) is 19.2. The van der Waals surface area contributed by atoms with Gasteiger partial charge in [0, 0.05) is 29.9 Å². The smallest absolute Gasteiger partial charge is 0.257 e. The third-order valence-corrected chi connectivity index (χ3v) is 4.40. The summed E-state index contributed by atoms with van der Waals surface area (Å²) in [5, 5.41) is 5.81. The number of nitrogens with zero attached hydrogens (tertiary/aromatic N) is 1. The van der Waals surface area contributed by atoms with E-state index in [1.54, 1.807) is 41.3 Å². The molecule has 0 aromatic heterocycles. The minimum absolute atomic E-state index is 0.0137. The molecule has 0 bridgehead atoms. The summed E-state index contributed by atoms with van der Waals surface area (Å²) in [5.74, 6) is -0.282. The third kappa shape index (κ3) is 5.12. The number of thiocarbonyl (C=S) groups is 1. The van der Waals surface area contributed by atoms with Gasteiger partial charge in [0.1, 0.15) is 0 Å². The Bertz CT molecular complexity index is 846. The topological polar surface area (TPSA) is 70.7 Å². The van der Waals surface area contributed by atoms with Gasteiger partial charge in [0.05, 0.1) is 13.2 Å². The molecule has 2 aromatic rings. The molecule has 27 heavy (non-hydrogen) atoms. The molecule has 0 saturated carbocycles. The van der Waals surface area contributed by atoms with E-state index in [2.05, 4.69) is 10.6 Å². The predicted molar refractivity (Wildman–Crippen MR) is 108 cm³/mol. The molecule has 1 saturated heterocycles. The monoisotopic (exact) mass is 383 g/mol. The molecule has 0 aliphatic carbocycles. The Morgan fingerprint density at radius 2 is 1.74 bits per heavy atom. The van der Waals surface area contributed by atoms with Gasteiger partial charge in [-0.1, -0.05) is 17.7 Å². The van der Waals surface area contributed by atoms with Gasteiger partial charge < -0.3 is 15.0 Å². The fourth-order valence-electron chi connectivity index (χ4n) is 2.77. The summed E-state index contributed by atoms with van der Waals surface area (Å²) in [5.41, 5.74) is 2.85. The van der Waals surface area contributed by atoms with Crippen LogP contribution in [0.5, 0.6) is 0 Å². The minimum Gasteiger partial charge on any atom is -0.378 e. The second-order valence-corrected chi connectivity index (χ2v) is 6.67. The number of ether oxygens (including phenoxy) is 1. The lowest BCUT2D eigenvalue weighted by Gasteiger charge is -2.26. The second kappa shape index (κ2) is 8.75. The summed E-state index contributed by atoms with van der Waals surface area (Å²) in [6.45, 7) is 4.27. The Morgan fingerprint density at radius 1 is 1.04 bits per heavy atom. The van der Waals surface area contributed by atoms with Crippen molar-refractivity contribution in [1.82, 2.24) is 10.2 Å². The van der Waals surface area contributed by atoms with Crippen LogP contribution in [0.15, 0.2) is 48.5 Å². The number of hydrogen-bond donors (Lipinski definition) is 2. The van der Waals surface area contributed by atoms with Crippen LogP contribution in [0, 0.1) is 6.92 Å². The van der Waals surface area contributed by atoms with Gasteiger partial charge >= 0.3 is 0 Å². The van der Waals surface area contributed by atoms with Crippen LogP contribution in [0.4, 0.5) is 5.69 Å². The van der Waals surface area contributed by atoms with Crippen LogP contribution in [0.3, 0.4) is 0 Å². The molecule has 0 unspecified atom stereocenters. The maximum atomic E-state index is 12.4. The summed E-state index contributed by atoms with van der Waals surface area (Å²) < 4.78 is 5.27. The summed E-state index contributed by atoms with van der Waals surface area (Å²) in [6.07, 6.45) is 0. The van der Waals surface area contributed by atoms with Gasteiger partial charge in [-0.25, -0.2) is 0 Å². The number of morpholine rings is 1. The number of benzene rings is 2. The van der Waals surface area contributed by atoms with Crippen molar-refractivity contribution in [3.05, 3.63) is 65.2 Å². The fourth-order valence-corrected chi connectivity index (χ4v) is 2.98. The van der Waals surface area contributed by atoms with E-state index in [-0.39, 0.29) is 16.9 Å². The van der Waals surface area contributed by atoms with Crippen molar-refractivity contribution in [3.63, 3.8) is 0 Å². The zero-order valence-corrected chi connectivity index (χ0v) is 15.8. The van der Waals surface area contributed by atoms with E-state index in [9.17, 15) is 9.59 Å². The van der Waals surface area contributed by atoms with Crippen LogP contribution in [-0.4, -0.2) is 48.1 Å². The van der Waals surface area contributed by atoms with Crippen molar-refractivity contribution in [2.24, 2.45) is 0 Å². The summed E-state index contributed by atoms with van der Waals surface area (Å²) in [6, 6.07) is 14.3. The molecular weight excluding hydrogens is 362 g/mol. The molecule has 0 atom stereocenters. The number of rotatable bonds is 3. The van der Waals surface area contributed by atoms with Crippen LogP contribution in [-0.2, 0) is 4.74 Å². The summed E-state index contributed by atoms with van der Waals surface area (Å²) >= 11 is 5.20. The van der Waals surface area contributed by atoms with Gasteiger partial charge in [0.15, 0.2) is 5.11 Å². The van der Waals surface area contributed by atoms with Gasteiger partial charge in [0.2, 0.25) is 0 Å². The van der Waals surface area contributed by atoms with Crippen molar-refractivity contribution < 1.29 is 14.3 Å². The first-order valence-corrected chi connectivity index (χ1v) is 9.10. The normalized spacial score (nSPS) is 13.7. The van der Waals surface area contributed by atoms with E-state index < -0.39 is 0 Å². The number of carbonyl (C=O) groups excluding carboxylic acids is 2. The van der Waals surface area contributed by atoms with E-state index in [4.69, 9.17) is 17.0 Å². The molecule has 3 rings (SSSR count). The number of nitrogens with one attached hydrogen (secondary N) is 2. The number of hydrogen-bond acceptors (Lipinski definition) is 4. The average Bonchev–Trinajstić information content (AvgIpc) is 2.68. The molecule has 2 N–H and O–H groups in total. The number of carbonyl (C=O) groups is 2.